The Hall–Kier alpha value is -1.67. The Morgan fingerprint density at radius 3 is 2.67 bits per heavy atom. The van der Waals surface area contributed by atoms with Gasteiger partial charge in [0.15, 0.2) is 0 Å². The Bertz CT molecular complexity index is 521. The normalized spacial score (nSPS) is 12.0. The van der Waals surface area contributed by atoms with E-state index in [9.17, 15) is 14.9 Å². The summed E-state index contributed by atoms with van der Waals surface area (Å²) in [4.78, 5) is 22.1. The second-order valence-electron chi connectivity index (χ2n) is 4.55. The summed E-state index contributed by atoms with van der Waals surface area (Å²) >= 11 is 3.20. The van der Waals surface area contributed by atoms with Crippen molar-refractivity contribution in [2.75, 3.05) is 13.7 Å². The lowest BCUT2D eigenvalue weighted by atomic mass is 10.2. The van der Waals surface area contributed by atoms with Crippen LogP contribution in [-0.4, -0.2) is 36.7 Å². The van der Waals surface area contributed by atoms with E-state index >= 15 is 0 Å². The van der Waals surface area contributed by atoms with Crippen molar-refractivity contribution in [3.63, 3.8) is 0 Å². The monoisotopic (exact) mass is 360 g/mol. The number of nitrogens with zero attached hydrogens (tertiary/aromatic N) is 1. The molecule has 0 aliphatic rings. The smallest absolute Gasteiger partial charge is 0.326 e. The maximum Gasteiger partial charge on any atom is 0.326 e. The quantitative estimate of drug-likeness (QED) is 0.455. The maximum atomic E-state index is 11.7. The minimum Gasteiger partial charge on any atom is -0.484 e. The van der Waals surface area contributed by atoms with Crippen LogP contribution in [0.3, 0.4) is 0 Å². The fourth-order valence-electron chi connectivity index (χ4n) is 1.68. The fraction of sp³-hybridized carbons (Fsp3) is 0.462. The number of nitrogens with one attached hydrogen (secondary N) is 1. The van der Waals surface area contributed by atoms with E-state index < -0.39 is 16.9 Å². The van der Waals surface area contributed by atoms with Gasteiger partial charge in [0.2, 0.25) is 5.75 Å². The molecule has 0 aromatic heterocycles. The Morgan fingerprint density at radius 1 is 1.48 bits per heavy atom. The van der Waals surface area contributed by atoms with Crippen molar-refractivity contribution >= 4 is 27.6 Å². The van der Waals surface area contributed by atoms with Gasteiger partial charge in [-0.2, -0.15) is 0 Å². The summed E-state index contributed by atoms with van der Waals surface area (Å²) in [5.74, 6) is -0.402. The predicted octanol–water partition coefficient (Wildman–Crippen LogP) is 2.28. The molecule has 0 fully saturated rings. The van der Waals surface area contributed by atoms with Crippen LogP contribution < -0.4 is 10.1 Å². The summed E-state index contributed by atoms with van der Waals surface area (Å²) in [5, 5.41) is 14.0. The number of ether oxygens (including phenoxy) is 2. The van der Waals surface area contributed by atoms with Gasteiger partial charge in [-0.25, -0.2) is 0 Å². The molecule has 0 bridgehead atoms. The molecule has 1 aromatic rings. The number of hydrogen-bond acceptors (Lipinski definition) is 6. The van der Waals surface area contributed by atoms with Crippen molar-refractivity contribution in [2.45, 2.75) is 25.9 Å². The molecule has 1 rings (SSSR count). The van der Waals surface area contributed by atoms with Gasteiger partial charge >= 0.3 is 11.7 Å². The van der Waals surface area contributed by atoms with Crippen LogP contribution in [0.2, 0.25) is 0 Å². The van der Waals surface area contributed by atoms with Crippen LogP contribution in [0.15, 0.2) is 22.7 Å². The van der Waals surface area contributed by atoms with E-state index in [1.807, 2.05) is 13.8 Å². The fourth-order valence-corrected chi connectivity index (χ4v) is 2.15. The number of carbonyl (C=O) groups is 1. The lowest BCUT2D eigenvalue weighted by molar-refractivity contribution is -0.386. The number of methoxy groups -OCH3 is 1. The number of benzene rings is 1. The number of carbonyl (C=O) groups excluding carboxylic acids is 1. The van der Waals surface area contributed by atoms with Crippen LogP contribution in [0.1, 0.15) is 13.8 Å². The van der Waals surface area contributed by atoms with E-state index in [1.165, 1.54) is 13.2 Å². The lowest BCUT2D eigenvalue weighted by Crippen LogP contribution is -2.45. The highest BCUT2D eigenvalue weighted by molar-refractivity contribution is 9.10. The van der Waals surface area contributed by atoms with Gasteiger partial charge in [0, 0.05) is 12.1 Å². The van der Waals surface area contributed by atoms with E-state index in [4.69, 9.17) is 4.74 Å². The van der Waals surface area contributed by atoms with Gasteiger partial charge in [0.05, 0.1) is 16.5 Å². The molecule has 0 spiro atoms. The first kappa shape index (κ1) is 17.4. The van der Waals surface area contributed by atoms with Gasteiger partial charge in [-0.3, -0.25) is 20.2 Å². The predicted molar refractivity (Wildman–Crippen MR) is 80.4 cm³/mol. The van der Waals surface area contributed by atoms with E-state index in [-0.39, 0.29) is 24.1 Å². The Kier molecular flexibility index (Phi) is 6.57. The molecular weight excluding hydrogens is 344 g/mol. The molecule has 8 heteroatoms. The summed E-state index contributed by atoms with van der Waals surface area (Å²) in [7, 11) is 1.28. The van der Waals surface area contributed by atoms with Crippen molar-refractivity contribution in [1.29, 1.82) is 0 Å². The first-order chi connectivity index (χ1) is 9.86. The zero-order valence-electron chi connectivity index (χ0n) is 12.0. The molecule has 1 atom stereocenters. The average Bonchev–Trinajstić information content (AvgIpc) is 2.42. The Balaban J connectivity index is 2.89. The summed E-state index contributed by atoms with van der Waals surface area (Å²) in [6.07, 6.45) is 0. The van der Waals surface area contributed by atoms with Gasteiger partial charge in [-0.05, 0) is 22.0 Å². The molecule has 1 N–H and O–H groups in total. The molecule has 0 saturated heterocycles. The SMILES string of the molecule is COC(=O)C(COc1c(Br)cccc1[N+](=O)[O-])NC(C)C. The minimum atomic E-state index is -0.707. The van der Waals surface area contributed by atoms with Crippen LogP contribution in [0.4, 0.5) is 5.69 Å². The van der Waals surface area contributed by atoms with Crippen LogP contribution in [-0.2, 0) is 9.53 Å². The van der Waals surface area contributed by atoms with Crippen molar-refractivity contribution < 1.29 is 19.2 Å². The summed E-state index contributed by atoms with van der Waals surface area (Å²) < 4.78 is 10.6. The first-order valence-electron chi connectivity index (χ1n) is 6.26. The highest BCUT2D eigenvalue weighted by atomic mass is 79.9. The number of para-hydroxylation sites is 1. The van der Waals surface area contributed by atoms with Crippen molar-refractivity contribution in [3.05, 3.63) is 32.8 Å². The van der Waals surface area contributed by atoms with Gasteiger partial charge in [-0.1, -0.05) is 19.9 Å². The molecular formula is C13H17BrN2O5. The molecule has 1 unspecified atom stereocenters. The molecule has 0 amide bonds. The number of esters is 1. The maximum absolute atomic E-state index is 11.7. The third-order valence-corrected chi connectivity index (χ3v) is 3.18. The highest BCUT2D eigenvalue weighted by Crippen LogP contribution is 2.34. The van der Waals surface area contributed by atoms with Crippen LogP contribution in [0, 0.1) is 10.1 Å². The number of nitro benzene ring substituents is 1. The van der Waals surface area contributed by atoms with Crippen LogP contribution in [0.5, 0.6) is 5.75 Å². The number of hydrogen-bond donors (Lipinski definition) is 1. The zero-order valence-corrected chi connectivity index (χ0v) is 13.5. The van der Waals surface area contributed by atoms with Gasteiger partial charge in [0.1, 0.15) is 12.6 Å². The van der Waals surface area contributed by atoms with Crippen LogP contribution in [0.25, 0.3) is 0 Å². The largest absolute Gasteiger partial charge is 0.484 e. The average molecular weight is 361 g/mol. The zero-order chi connectivity index (χ0) is 16.0. The molecule has 21 heavy (non-hydrogen) atoms. The number of rotatable bonds is 7. The standard InChI is InChI=1S/C13H17BrN2O5/c1-8(2)15-10(13(17)20-3)7-21-12-9(14)5-4-6-11(12)16(18)19/h4-6,8,10,15H,7H2,1-3H3. The lowest BCUT2D eigenvalue weighted by Gasteiger charge is -2.19. The van der Waals surface area contributed by atoms with E-state index in [2.05, 4.69) is 26.0 Å². The van der Waals surface area contributed by atoms with Gasteiger partial charge in [-0.15, -0.1) is 0 Å². The summed E-state index contributed by atoms with van der Waals surface area (Å²) in [5.41, 5.74) is -0.169. The molecule has 1 aromatic carbocycles. The Labute approximate surface area is 130 Å². The first-order valence-corrected chi connectivity index (χ1v) is 7.05. The van der Waals surface area contributed by atoms with E-state index in [1.54, 1.807) is 12.1 Å². The van der Waals surface area contributed by atoms with E-state index in [0.717, 1.165) is 0 Å². The highest BCUT2D eigenvalue weighted by Gasteiger charge is 2.24. The minimum absolute atomic E-state index is 0.0342. The molecule has 0 aliphatic carbocycles. The molecule has 0 heterocycles. The second kappa shape index (κ2) is 7.94. The molecule has 0 saturated carbocycles. The topological polar surface area (TPSA) is 90.7 Å². The summed E-state index contributed by atoms with van der Waals surface area (Å²) in [6.45, 7) is 3.67. The Morgan fingerprint density at radius 2 is 2.14 bits per heavy atom. The van der Waals surface area contributed by atoms with Crippen LogP contribution >= 0.6 is 15.9 Å². The summed E-state index contributed by atoms with van der Waals surface area (Å²) in [6, 6.07) is 3.84. The van der Waals surface area contributed by atoms with E-state index in [0.29, 0.717) is 4.47 Å². The molecule has 7 nitrogen and oxygen atoms in total. The molecule has 0 aliphatic heterocycles. The van der Waals surface area contributed by atoms with Gasteiger partial charge in [0.25, 0.3) is 0 Å². The second-order valence-corrected chi connectivity index (χ2v) is 5.41. The van der Waals surface area contributed by atoms with Crippen molar-refractivity contribution in [1.82, 2.24) is 5.32 Å². The van der Waals surface area contributed by atoms with Crippen molar-refractivity contribution in [3.8, 4) is 5.75 Å². The number of halogens is 1. The molecule has 116 valence electrons. The van der Waals surface area contributed by atoms with Crippen molar-refractivity contribution in [2.24, 2.45) is 0 Å². The number of nitro groups is 1. The third-order valence-electron chi connectivity index (χ3n) is 2.56. The molecule has 0 radical (unpaired) electrons. The third kappa shape index (κ3) is 4.98. The van der Waals surface area contributed by atoms with Gasteiger partial charge < -0.3 is 9.47 Å².